The van der Waals surface area contributed by atoms with Crippen LogP contribution >= 0.6 is 0 Å². The number of likely N-dealkylation sites (tertiary alicyclic amines) is 1. The molecule has 5 nitrogen and oxygen atoms in total. The van der Waals surface area contributed by atoms with Gasteiger partial charge in [0.25, 0.3) is 0 Å². The van der Waals surface area contributed by atoms with Gasteiger partial charge in [0.05, 0.1) is 19.7 Å². The van der Waals surface area contributed by atoms with E-state index in [-0.39, 0.29) is 11.7 Å². The molecule has 1 amide bonds. The molecular formula is C12H22N2O3. The Morgan fingerprint density at radius 3 is 2.65 bits per heavy atom. The normalized spacial score (nSPS) is 27.1. The van der Waals surface area contributed by atoms with Crippen molar-refractivity contribution in [1.82, 2.24) is 4.90 Å². The molecule has 2 fully saturated rings. The van der Waals surface area contributed by atoms with Gasteiger partial charge in [-0.2, -0.15) is 0 Å². The summed E-state index contributed by atoms with van der Waals surface area (Å²) in [6.45, 7) is 8.27. The van der Waals surface area contributed by atoms with Gasteiger partial charge in [-0.05, 0) is 39.7 Å². The van der Waals surface area contributed by atoms with E-state index >= 15 is 0 Å². The second-order valence-corrected chi connectivity index (χ2v) is 6.14. The Kier molecular flexibility index (Phi) is 3.08. The molecule has 0 unspecified atom stereocenters. The molecule has 0 aromatic rings. The Labute approximate surface area is 102 Å². The fraction of sp³-hybridized carbons (Fsp3) is 0.917. The third-order valence-electron chi connectivity index (χ3n) is 3.23. The molecular weight excluding hydrogens is 220 g/mol. The molecule has 98 valence electrons. The van der Waals surface area contributed by atoms with Crippen LogP contribution in [0.25, 0.3) is 0 Å². The van der Waals surface area contributed by atoms with Crippen LogP contribution in [0.4, 0.5) is 4.79 Å². The number of carbonyl (C=O) groups excluding carboxylic acids is 1. The Hall–Kier alpha value is -0.810. The number of nitrogens with two attached hydrogens (primary N) is 1. The molecule has 2 aliphatic heterocycles. The fourth-order valence-electron chi connectivity index (χ4n) is 2.42. The first-order chi connectivity index (χ1) is 7.84. The lowest BCUT2D eigenvalue weighted by Crippen LogP contribution is -2.63. The van der Waals surface area contributed by atoms with Crippen LogP contribution in [0.1, 0.15) is 27.2 Å². The molecule has 0 radical (unpaired) electrons. The van der Waals surface area contributed by atoms with Gasteiger partial charge >= 0.3 is 6.09 Å². The van der Waals surface area contributed by atoms with E-state index in [0.29, 0.717) is 25.6 Å². The molecule has 2 heterocycles. The largest absolute Gasteiger partial charge is 0.444 e. The highest BCUT2D eigenvalue weighted by atomic mass is 16.6. The van der Waals surface area contributed by atoms with Gasteiger partial charge in [0, 0.05) is 0 Å². The molecule has 0 saturated carbocycles. The molecule has 1 atom stereocenters. The van der Waals surface area contributed by atoms with Gasteiger partial charge < -0.3 is 20.1 Å². The van der Waals surface area contributed by atoms with Crippen molar-refractivity contribution in [3.63, 3.8) is 0 Å². The molecule has 2 aliphatic rings. The van der Waals surface area contributed by atoms with Crippen molar-refractivity contribution in [3.05, 3.63) is 0 Å². The Balaban J connectivity index is 1.81. The first-order valence-electron chi connectivity index (χ1n) is 6.15. The third kappa shape index (κ3) is 2.72. The van der Waals surface area contributed by atoms with Crippen molar-refractivity contribution in [2.45, 2.75) is 38.4 Å². The maximum absolute atomic E-state index is 11.8. The summed E-state index contributed by atoms with van der Waals surface area (Å²) in [6, 6.07) is 0. The zero-order valence-corrected chi connectivity index (χ0v) is 10.9. The van der Waals surface area contributed by atoms with E-state index in [4.69, 9.17) is 15.2 Å². The van der Waals surface area contributed by atoms with Crippen molar-refractivity contribution in [1.29, 1.82) is 0 Å². The van der Waals surface area contributed by atoms with Gasteiger partial charge in [-0.25, -0.2) is 4.79 Å². The SMILES string of the molecule is CC(C)(C)OC(=O)N1CC2(C[C@@H](CN)CO2)C1. The minimum Gasteiger partial charge on any atom is -0.444 e. The van der Waals surface area contributed by atoms with Crippen molar-refractivity contribution in [3.8, 4) is 0 Å². The molecule has 2 saturated heterocycles. The van der Waals surface area contributed by atoms with E-state index in [1.54, 1.807) is 4.90 Å². The first kappa shape index (κ1) is 12.6. The minimum absolute atomic E-state index is 0.138. The summed E-state index contributed by atoms with van der Waals surface area (Å²) in [5.41, 5.74) is 5.05. The van der Waals surface area contributed by atoms with Gasteiger partial charge in [-0.15, -0.1) is 0 Å². The number of hydrogen-bond acceptors (Lipinski definition) is 4. The van der Waals surface area contributed by atoms with E-state index in [0.717, 1.165) is 13.0 Å². The highest BCUT2D eigenvalue weighted by Gasteiger charge is 2.51. The summed E-state index contributed by atoms with van der Waals surface area (Å²) in [5.74, 6) is 0.441. The van der Waals surface area contributed by atoms with E-state index in [9.17, 15) is 4.79 Å². The Morgan fingerprint density at radius 1 is 1.53 bits per heavy atom. The number of amides is 1. The van der Waals surface area contributed by atoms with Crippen LogP contribution in [0.5, 0.6) is 0 Å². The predicted molar refractivity (Wildman–Crippen MR) is 63.7 cm³/mol. The monoisotopic (exact) mass is 242 g/mol. The topological polar surface area (TPSA) is 64.8 Å². The smallest absolute Gasteiger partial charge is 0.410 e. The zero-order valence-electron chi connectivity index (χ0n) is 10.9. The highest BCUT2D eigenvalue weighted by molar-refractivity contribution is 5.69. The Bertz CT molecular complexity index is 305. The maximum atomic E-state index is 11.8. The standard InChI is InChI=1S/C12H22N2O3/c1-11(2,3)17-10(15)14-7-12(8-14)4-9(5-13)6-16-12/h9H,4-8,13H2,1-3H3/t9-/m0/s1. The summed E-state index contributed by atoms with van der Waals surface area (Å²) in [4.78, 5) is 13.5. The number of nitrogens with zero attached hydrogens (tertiary/aromatic N) is 1. The van der Waals surface area contributed by atoms with Crippen LogP contribution in [0.2, 0.25) is 0 Å². The molecule has 2 rings (SSSR count). The molecule has 0 aromatic carbocycles. The molecule has 0 aromatic heterocycles. The lowest BCUT2D eigenvalue weighted by atomic mass is 9.87. The van der Waals surface area contributed by atoms with E-state index in [1.807, 2.05) is 20.8 Å². The first-order valence-corrected chi connectivity index (χ1v) is 6.15. The summed E-state index contributed by atoms with van der Waals surface area (Å²) >= 11 is 0. The molecule has 1 spiro atoms. The van der Waals surface area contributed by atoms with Crippen LogP contribution < -0.4 is 5.73 Å². The number of rotatable bonds is 1. The highest BCUT2D eigenvalue weighted by Crippen LogP contribution is 2.37. The molecule has 5 heteroatoms. The molecule has 2 N–H and O–H groups in total. The Morgan fingerprint density at radius 2 is 2.18 bits per heavy atom. The lowest BCUT2D eigenvalue weighted by molar-refractivity contribution is -0.109. The fourth-order valence-corrected chi connectivity index (χ4v) is 2.42. The quantitative estimate of drug-likeness (QED) is 0.744. The number of ether oxygens (including phenoxy) is 2. The van der Waals surface area contributed by atoms with Gasteiger partial charge in [0.2, 0.25) is 0 Å². The predicted octanol–water partition coefficient (Wildman–Crippen LogP) is 0.971. The average Bonchev–Trinajstić information content (AvgIpc) is 2.56. The van der Waals surface area contributed by atoms with Crippen LogP contribution in [0.15, 0.2) is 0 Å². The van der Waals surface area contributed by atoms with Gasteiger partial charge in [-0.1, -0.05) is 0 Å². The molecule has 0 aliphatic carbocycles. The van der Waals surface area contributed by atoms with Gasteiger partial charge in [0.1, 0.15) is 11.2 Å². The van der Waals surface area contributed by atoms with Crippen LogP contribution in [0.3, 0.4) is 0 Å². The van der Waals surface area contributed by atoms with E-state index in [1.165, 1.54) is 0 Å². The van der Waals surface area contributed by atoms with E-state index in [2.05, 4.69) is 0 Å². The number of carbonyl (C=O) groups is 1. The number of hydrogen-bond donors (Lipinski definition) is 1. The maximum Gasteiger partial charge on any atom is 0.410 e. The lowest BCUT2D eigenvalue weighted by Gasteiger charge is -2.47. The van der Waals surface area contributed by atoms with Crippen LogP contribution in [-0.4, -0.2) is 48.4 Å². The van der Waals surface area contributed by atoms with Crippen molar-refractivity contribution >= 4 is 6.09 Å². The van der Waals surface area contributed by atoms with Crippen molar-refractivity contribution in [2.75, 3.05) is 26.2 Å². The molecule has 0 bridgehead atoms. The average molecular weight is 242 g/mol. The third-order valence-corrected chi connectivity index (χ3v) is 3.23. The van der Waals surface area contributed by atoms with Gasteiger partial charge in [0.15, 0.2) is 0 Å². The summed E-state index contributed by atoms with van der Waals surface area (Å²) in [5, 5.41) is 0. The van der Waals surface area contributed by atoms with Gasteiger partial charge in [-0.3, -0.25) is 0 Å². The second-order valence-electron chi connectivity index (χ2n) is 6.14. The van der Waals surface area contributed by atoms with E-state index < -0.39 is 5.60 Å². The zero-order chi connectivity index (χ0) is 12.7. The minimum atomic E-state index is -0.434. The van der Waals surface area contributed by atoms with Crippen LogP contribution in [0, 0.1) is 5.92 Å². The summed E-state index contributed by atoms with van der Waals surface area (Å²) < 4.78 is 11.1. The summed E-state index contributed by atoms with van der Waals surface area (Å²) in [7, 11) is 0. The van der Waals surface area contributed by atoms with Crippen molar-refractivity contribution < 1.29 is 14.3 Å². The summed E-state index contributed by atoms with van der Waals surface area (Å²) in [6.07, 6.45) is 0.714. The molecule has 17 heavy (non-hydrogen) atoms. The second kappa shape index (κ2) is 4.14. The van der Waals surface area contributed by atoms with Crippen LogP contribution in [-0.2, 0) is 9.47 Å². The van der Waals surface area contributed by atoms with Crippen molar-refractivity contribution in [2.24, 2.45) is 11.7 Å².